The second-order valence-electron chi connectivity index (χ2n) is 4.16. The molecule has 0 fully saturated rings. The van der Waals surface area contributed by atoms with Crippen LogP contribution in [0, 0.1) is 0 Å². The summed E-state index contributed by atoms with van der Waals surface area (Å²) in [6, 6.07) is 15.0. The Hall–Kier alpha value is -2.62. The molecule has 0 atom stereocenters. The summed E-state index contributed by atoms with van der Waals surface area (Å²) < 4.78 is 6.85. The fourth-order valence-electron chi connectivity index (χ4n) is 1.86. The van der Waals surface area contributed by atoms with Gasteiger partial charge in [-0.05, 0) is 30.3 Å². The summed E-state index contributed by atoms with van der Waals surface area (Å²) in [6.45, 7) is 0. The standard InChI is InChI=1S/C15H12N2O2/c18-15(11-13-7-4-10-19-13)14-8-9-17(16-14)12-5-2-1-3-6-12/h1-10H,11H2. The van der Waals surface area contributed by atoms with Crippen molar-refractivity contribution in [2.75, 3.05) is 0 Å². The molecular weight excluding hydrogens is 240 g/mol. The zero-order valence-corrected chi connectivity index (χ0v) is 10.2. The molecular formula is C15H12N2O2. The number of Topliss-reactive ketones (excluding diaryl/α,β-unsaturated/α-hetero) is 1. The number of aromatic nitrogens is 2. The van der Waals surface area contributed by atoms with Crippen molar-refractivity contribution in [3.8, 4) is 5.69 Å². The molecule has 1 aromatic carbocycles. The Kier molecular flexibility index (Phi) is 2.98. The number of carbonyl (C=O) groups is 1. The number of carbonyl (C=O) groups excluding carboxylic acids is 1. The molecule has 0 amide bonds. The molecule has 3 rings (SSSR count). The summed E-state index contributed by atoms with van der Waals surface area (Å²) in [4.78, 5) is 12.0. The van der Waals surface area contributed by atoms with Crippen LogP contribution in [0.25, 0.3) is 5.69 Å². The highest BCUT2D eigenvalue weighted by Gasteiger charge is 2.12. The van der Waals surface area contributed by atoms with Gasteiger partial charge in [0, 0.05) is 6.20 Å². The first-order valence-electron chi connectivity index (χ1n) is 5.99. The highest BCUT2D eigenvalue weighted by Crippen LogP contribution is 2.10. The van der Waals surface area contributed by atoms with Crippen LogP contribution in [-0.2, 0) is 6.42 Å². The predicted octanol–water partition coefficient (Wildman–Crippen LogP) is 2.89. The first kappa shape index (κ1) is 11.5. The Morgan fingerprint density at radius 1 is 1.11 bits per heavy atom. The predicted molar refractivity (Wildman–Crippen MR) is 70.3 cm³/mol. The summed E-state index contributed by atoms with van der Waals surface area (Å²) in [5, 5.41) is 4.29. The average molecular weight is 252 g/mol. The van der Waals surface area contributed by atoms with Crippen molar-refractivity contribution in [2.45, 2.75) is 6.42 Å². The van der Waals surface area contributed by atoms with E-state index in [0.29, 0.717) is 11.5 Å². The van der Waals surface area contributed by atoms with Crippen LogP contribution in [0.15, 0.2) is 65.4 Å². The smallest absolute Gasteiger partial charge is 0.190 e. The largest absolute Gasteiger partial charge is 0.469 e. The van der Waals surface area contributed by atoms with Crippen molar-refractivity contribution in [3.63, 3.8) is 0 Å². The van der Waals surface area contributed by atoms with Crippen molar-refractivity contribution in [3.05, 3.63) is 72.4 Å². The lowest BCUT2D eigenvalue weighted by Gasteiger charge is -1.99. The van der Waals surface area contributed by atoms with Crippen LogP contribution in [0.5, 0.6) is 0 Å². The molecule has 2 heterocycles. The lowest BCUT2D eigenvalue weighted by Crippen LogP contribution is -2.05. The van der Waals surface area contributed by atoms with E-state index in [4.69, 9.17) is 4.42 Å². The first-order valence-corrected chi connectivity index (χ1v) is 5.99. The molecule has 4 heteroatoms. The maximum Gasteiger partial charge on any atom is 0.190 e. The normalized spacial score (nSPS) is 10.5. The number of furan rings is 1. The van der Waals surface area contributed by atoms with Crippen molar-refractivity contribution < 1.29 is 9.21 Å². The Bertz CT molecular complexity index is 669. The van der Waals surface area contributed by atoms with Gasteiger partial charge in [0.05, 0.1) is 18.4 Å². The Labute approximate surface area is 110 Å². The molecule has 0 aliphatic rings. The molecule has 3 aromatic rings. The molecule has 0 aliphatic carbocycles. The van der Waals surface area contributed by atoms with Crippen molar-refractivity contribution in [1.29, 1.82) is 0 Å². The maximum absolute atomic E-state index is 12.0. The monoisotopic (exact) mass is 252 g/mol. The Morgan fingerprint density at radius 2 is 1.95 bits per heavy atom. The minimum atomic E-state index is -0.0513. The first-order chi connectivity index (χ1) is 9.33. The zero-order chi connectivity index (χ0) is 13.1. The summed E-state index contributed by atoms with van der Waals surface area (Å²) in [7, 11) is 0. The van der Waals surface area contributed by atoms with Gasteiger partial charge in [-0.15, -0.1) is 0 Å². The highest BCUT2D eigenvalue weighted by atomic mass is 16.3. The van der Waals surface area contributed by atoms with E-state index in [0.717, 1.165) is 5.69 Å². The molecule has 4 nitrogen and oxygen atoms in total. The van der Waals surface area contributed by atoms with Gasteiger partial charge in [0.2, 0.25) is 0 Å². The van der Waals surface area contributed by atoms with Gasteiger partial charge < -0.3 is 4.42 Å². The summed E-state index contributed by atoms with van der Waals surface area (Å²) in [5.41, 5.74) is 1.37. The molecule has 94 valence electrons. The number of nitrogens with zero attached hydrogens (tertiary/aromatic N) is 2. The third-order valence-corrected chi connectivity index (χ3v) is 2.81. The van der Waals surface area contributed by atoms with Crippen LogP contribution < -0.4 is 0 Å². The van der Waals surface area contributed by atoms with E-state index < -0.39 is 0 Å². The number of rotatable bonds is 4. The number of ketones is 1. The Balaban J connectivity index is 1.80. The molecule has 0 spiro atoms. The van der Waals surface area contributed by atoms with Gasteiger partial charge in [-0.2, -0.15) is 5.10 Å². The molecule has 0 bridgehead atoms. The van der Waals surface area contributed by atoms with Crippen molar-refractivity contribution >= 4 is 5.78 Å². The molecule has 0 unspecified atom stereocenters. The summed E-state index contributed by atoms with van der Waals surface area (Å²) >= 11 is 0. The minimum Gasteiger partial charge on any atom is -0.469 e. The van der Waals surface area contributed by atoms with Crippen LogP contribution >= 0.6 is 0 Å². The van der Waals surface area contributed by atoms with Gasteiger partial charge in [-0.1, -0.05) is 18.2 Å². The van der Waals surface area contributed by atoms with Gasteiger partial charge in [0.15, 0.2) is 5.78 Å². The average Bonchev–Trinajstić information content (AvgIpc) is 3.10. The summed E-state index contributed by atoms with van der Waals surface area (Å²) in [6.07, 6.45) is 3.58. The van der Waals surface area contributed by atoms with E-state index >= 15 is 0 Å². The van der Waals surface area contributed by atoms with Crippen LogP contribution in [-0.4, -0.2) is 15.6 Å². The van der Waals surface area contributed by atoms with Gasteiger partial charge in [-0.3, -0.25) is 4.79 Å². The molecule has 19 heavy (non-hydrogen) atoms. The third kappa shape index (κ3) is 2.47. The highest BCUT2D eigenvalue weighted by molar-refractivity contribution is 5.95. The number of para-hydroxylation sites is 1. The molecule has 2 aromatic heterocycles. The topological polar surface area (TPSA) is 48.0 Å². The van der Waals surface area contributed by atoms with Gasteiger partial charge in [0.25, 0.3) is 0 Å². The van der Waals surface area contributed by atoms with Crippen LogP contribution in [0.4, 0.5) is 0 Å². The fourth-order valence-corrected chi connectivity index (χ4v) is 1.86. The van der Waals surface area contributed by atoms with E-state index in [-0.39, 0.29) is 12.2 Å². The number of hydrogen-bond acceptors (Lipinski definition) is 3. The van der Waals surface area contributed by atoms with Crippen LogP contribution in [0.3, 0.4) is 0 Å². The number of benzene rings is 1. The van der Waals surface area contributed by atoms with E-state index in [9.17, 15) is 4.79 Å². The van der Waals surface area contributed by atoms with Crippen molar-refractivity contribution in [2.24, 2.45) is 0 Å². The van der Waals surface area contributed by atoms with E-state index in [1.807, 2.05) is 30.3 Å². The molecule has 0 radical (unpaired) electrons. The van der Waals surface area contributed by atoms with E-state index in [2.05, 4.69) is 5.10 Å². The Morgan fingerprint density at radius 3 is 2.68 bits per heavy atom. The van der Waals surface area contributed by atoms with Crippen molar-refractivity contribution in [1.82, 2.24) is 9.78 Å². The lowest BCUT2D eigenvalue weighted by atomic mass is 10.2. The molecule has 0 saturated carbocycles. The molecule has 0 saturated heterocycles. The van der Waals surface area contributed by atoms with E-state index in [1.165, 1.54) is 0 Å². The second kappa shape index (κ2) is 4.94. The van der Waals surface area contributed by atoms with Crippen LogP contribution in [0.2, 0.25) is 0 Å². The van der Waals surface area contributed by atoms with Gasteiger partial charge in [-0.25, -0.2) is 4.68 Å². The van der Waals surface area contributed by atoms with Crippen LogP contribution in [0.1, 0.15) is 16.2 Å². The fraction of sp³-hybridized carbons (Fsp3) is 0.0667. The van der Waals surface area contributed by atoms with E-state index in [1.54, 1.807) is 35.3 Å². The molecule has 0 N–H and O–H groups in total. The quantitative estimate of drug-likeness (QED) is 0.671. The molecule has 0 aliphatic heterocycles. The summed E-state index contributed by atoms with van der Waals surface area (Å²) in [5.74, 6) is 0.601. The second-order valence-corrected chi connectivity index (χ2v) is 4.16. The zero-order valence-electron chi connectivity index (χ0n) is 10.2. The number of hydrogen-bond donors (Lipinski definition) is 0. The van der Waals surface area contributed by atoms with Gasteiger partial charge in [0.1, 0.15) is 11.5 Å². The third-order valence-electron chi connectivity index (χ3n) is 2.81. The SMILES string of the molecule is O=C(Cc1ccco1)c1ccn(-c2ccccc2)n1. The minimum absolute atomic E-state index is 0.0513. The maximum atomic E-state index is 12.0. The lowest BCUT2D eigenvalue weighted by molar-refractivity contribution is 0.0982. The van der Waals surface area contributed by atoms with Gasteiger partial charge >= 0.3 is 0 Å².